The van der Waals surface area contributed by atoms with Crippen LogP contribution in [0.3, 0.4) is 0 Å². The zero-order chi connectivity index (χ0) is 49.1. The molecule has 2 N–H and O–H groups in total. The zero-order valence-corrected chi connectivity index (χ0v) is 42.9. The molecular formula is C58H49BN6O2S4. The lowest BCUT2D eigenvalue weighted by Gasteiger charge is -2.15. The van der Waals surface area contributed by atoms with Crippen molar-refractivity contribution in [2.24, 2.45) is 20.4 Å². The predicted molar refractivity (Wildman–Crippen MR) is 308 cm³/mol. The van der Waals surface area contributed by atoms with E-state index in [2.05, 4.69) is 59.2 Å². The molecule has 2 amide bonds. The lowest BCUT2D eigenvalue weighted by Crippen LogP contribution is -2.26. The Hall–Kier alpha value is -6.90. The Balaban J connectivity index is 1.14. The van der Waals surface area contributed by atoms with Crippen molar-refractivity contribution >= 4 is 112 Å². The van der Waals surface area contributed by atoms with Crippen LogP contribution in [0.15, 0.2) is 208 Å². The van der Waals surface area contributed by atoms with Gasteiger partial charge in [-0.15, -0.1) is 43.6 Å². The molecule has 0 saturated heterocycles. The number of fused-ring (bicyclic) bond motifs is 2. The number of hydrogen-bond donors (Lipinski definition) is 2. The first-order chi connectivity index (χ1) is 34.6. The molecule has 0 fully saturated rings. The second-order valence-corrected chi connectivity index (χ2v) is 21.9. The molecule has 0 unspecified atom stereocenters. The molecule has 0 spiro atoms. The Morgan fingerprint density at radius 3 is 1.24 bits per heavy atom. The molecule has 71 heavy (non-hydrogen) atoms. The molecule has 0 atom stereocenters. The number of benzene rings is 7. The summed E-state index contributed by atoms with van der Waals surface area (Å²) in [5.41, 5.74) is 14.7. The molecule has 7 aromatic carbocycles. The van der Waals surface area contributed by atoms with Crippen molar-refractivity contribution in [3.05, 3.63) is 244 Å². The smallest absolute Gasteiger partial charge is 0.321 e. The first kappa shape index (κ1) is 49.1. The fourth-order valence-electron chi connectivity index (χ4n) is 8.17. The van der Waals surface area contributed by atoms with E-state index in [0.29, 0.717) is 34.1 Å². The highest BCUT2D eigenvalue weighted by Crippen LogP contribution is 2.38. The maximum absolute atomic E-state index is 13.6. The average molecular weight is 1000 g/mol. The summed E-state index contributed by atoms with van der Waals surface area (Å²) < 4.78 is 1.46. The van der Waals surface area contributed by atoms with E-state index in [9.17, 15) is 9.59 Å². The molecule has 0 saturated carbocycles. The van der Waals surface area contributed by atoms with Gasteiger partial charge in [0, 0.05) is 33.8 Å². The standard InChI is InChI=1S/C58H49BN6O2S4/c1-38-30-40(3)53-47(32-38)49(55(66)60-53)34-51(44-24-14-7-15-25-44)62-64-57(68-36-42-20-10-5-11-21-42)70-59(46-28-18-9-19-29-46)71-58(69-37-43-22-12-6-13-23-43)65-63-52(45-26-16-8-17-27-45)35-50-48-33-39(2)31-41(4)54(48)61-56(50)67/h5-35H,36-37H2,1-4H3,(H,60,66)(H,61,67)/b49-34-,50-35-,62-51+,63-52+,64-57-,65-58-. The first-order valence-electron chi connectivity index (χ1n) is 23.1. The molecule has 350 valence electrons. The summed E-state index contributed by atoms with van der Waals surface area (Å²) in [5.74, 6) is 0.961. The molecule has 8 nitrogen and oxygen atoms in total. The third-order valence-electron chi connectivity index (χ3n) is 11.6. The monoisotopic (exact) mass is 1000 g/mol. The Bertz CT molecular complexity index is 3070. The van der Waals surface area contributed by atoms with Crippen LogP contribution in [0.25, 0.3) is 11.1 Å². The summed E-state index contributed by atoms with van der Waals surface area (Å²) in [4.78, 5) is 27.3. The number of nitrogens with zero attached hydrogens (tertiary/aromatic N) is 4. The largest absolute Gasteiger partial charge is 0.322 e. The molecule has 2 aliphatic rings. The highest BCUT2D eigenvalue weighted by Gasteiger charge is 2.29. The SMILES string of the molecule is Cc1cc(C)c2c(c1)/C(=C/C(=N\N=C(\SCc1ccccc1)SB(S\C(=N/N=C(\C=C1/C(=O)Nc3c(C)cc(C)cc31)c1ccccc1)SCc1ccccc1)c1ccccc1)c1ccccc1)C(=O)N2. The molecule has 0 radical (unpaired) electrons. The minimum Gasteiger partial charge on any atom is -0.321 e. The van der Waals surface area contributed by atoms with E-state index in [4.69, 9.17) is 20.4 Å². The minimum atomic E-state index is -0.250. The van der Waals surface area contributed by atoms with Gasteiger partial charge in [0.1, 0.15) is 8.75 Å². The van der Waals surface area contributed by atoms with Gasteiger partial charge in [-0.05, 0) is 74.2 Å². The molecule has 0 bridgehead atoms. The minimum absolute atomic E-state index is 0.175. The number of thioether (sulfide) groups is 2. The van der Waals surface area contributed by atoms with Crippen molar-refractivity contribution in [2.75, 3.05) is 10.6 Å². The van der Waals surface area contributed by atoms with E-state index in [0.717, 1.165) is 81.2 Å². The van der Waals surface area contributed by atoms with Crippen molar-refractivity contribution in [1.82, 2.24) is 0 Å². The molecule has 2 heterocycles. The van der Waals surface area contributed by atoms with Gasteiger partial charge in [0.25, 0.3) is 11.8 Å². The van der Waals surface area contributed by atoms with E-state index in [1.165, 1.54) is 0 Å². The number of hydrogen-bond acceptors (Lipinski definition) is 10. The topological polar surface area (TPSA) is 108 Å². The van der Waals surface area contributed by atoms with Gasteiger partial charge in [0.15, 0.2) is 0 Å². The van der Waals surface area contributed by atoms with Crippen LogP contribution in [-0.4, -0.2) is 37.3 Å². The lowest BCUT2D eigenvalue weighted by molar-refractivity contribution is -0.111. The van der Waals surface area contributed by atoms with Gasteiger partial charge in [-0.1, -0.05) is 204 Å². The van der Waals surface area contributed by atoms with Crippen molar-refractivity contribution in [3.8, 4) is 0 Å². The van der Waals surface area contributed by atoms with Crippen LogP contribution in [0, 0.1) is 27.7 Å². The molecule has 0 aromatic heterocycles. The predicted octanol–water partition coefficient (Wildman–Crippen LogP) is 13.5. The van der Waals surface area contributed by atoms with E-state index < -0.39 is 0 Å². The van der Waals surface area contributed by atoms with Gasteiger partial charge < -0.3 is 10.6 Å². The number of rotatable bonds is 13. The van der Waals surface area contributed by atoms with Crippen molar-refractivity contribution in [1.29, 1.82) is 0 Å². The fraction of sp³-hybridized carbons (Fsp3) is 0.103. The third kappa shape index (κ3) is 12.5. The van der Waals surface area contributed by atoms with E-state index in [1.54, 1.807) is 46.7 Å². The maximum Gasteiger partial charge on any atom is 0.322 e. The van der Waals surface area contributed by atoms with Crippen LogP contribution >= 0.6 is 46.7 Å². The molecule has 13 heteroatoms. The van der Waals surface area contributed by atoms with E-state index in [1.807, 2.05) is 167 Å². The Morgan fingerprint density at radius 2 is 0.845 bits per heavy atom. The first-order valence-corrected chi connectivity index (χ1v) is 26.8. The average Bonchev–Trinajstić information content (AvgIpc) is 3.88. The van der Waals surface area contributed by atoms with Gasteiger partial charge in [0.05, 0.1) is 33.9 Å². The van der Waals surface area contributed by atoms with Crippen molar-refractivity contribution < 1.29 is 9.59 Å². The van der Waals surface area contributed by atoms with Gasteiger partial charge in [-0.25, -0.2) is 0 Å². The second-order valence-electron chi connectivity index (χ2n) is 17.0. The summed E-state index contributed by atoms with van der Waals surface area (Å²) >= 11 is 6.42. The second kappa shape index (κ2) is 23.3. The summed E-state index contributed by atoms with van der Waals surface area (Å²) in [7, 11) is 0. The molecule has 0 aliphatic carbocycles. The number of anilines is 2. The van der Waals surface area contributed by atoms with Crippen molar-refractivity contribution in [3.63, 3.8) is 0 Å². The zero-order valence-electron chi connectivity index (χ0n) is 39.6. The number of carbonyl (C=O) groups excluding carboxylic acids is 2. The Kier molecular flexibility index (Phi) is 16.1. The number of carbonyl (C=O) groups is 2. The van der Waals surface area contributed by atoms with Crippen LogP contribution in [0.4, 0.5) is 11.4 Å². The molecule has 2 aliphatic heterocycles. The third-order valence-corrected chi connectivity index (χ3v) is 16.6. The Labute approximate surface area is 432 Å². The van der Waals surface area contributed by atoms with Crippen molar-refractivity contribution in [2.45, 2.75) is 39.2 Å². The molecule has 9 rings (SSSR count). The number of nitrogens with one attached hydrogen (secondary N) is 2. The molecule has 7 aromatic rings. The summed E-state index contributed by atoms with van der Waals surface area (Å²) in [6, 6.07) is 59.0. The van der Waals surface area contributed by atoms with Gasteiger partial charge in [0.2, 0.25) is 0 Å². The Morgan fingerprint density at radius 1 is 0.479 bits per heavy atom. The fourth-order valence-corrected chi connectivity index (χ4v) is 13.0. The van der Waals surface area contributed by atoms with Gasteiger partial charge >= 0.3 is 5.27 Å². The highest BCUT2D eigenvalue weighted by molar-refractivity contribution is 8.72. The summed E-state index contributed by atoms with van der Waals surface area (Å²) in [6.45, 7) is 8.11. The van der Waals surface area contributed by atoms with Crippen LogP contribution < -0.4 is 16.1 Å². The van der Waals surface area contributed by atoms with Crippen LogP contribution in [0.1, 0.15) is 55.6 Å². The summed E-state index contributed by atoms with van der Waals surface area (Å²) in [5, 5.41) is 26.1. The van der Waals surface area contributed by atoms with Gasteiger partial charge in [-0.3, -0.25) is 9.59 Å². The summed E-state index contributed by atoms with van der Waals surface area (Å²) in [6.07, 6.45) is 3.70. The van der Waals surface area contributed by atoms with E-state index in [-0.39, 0.29) is 17.1 Å². The number of amides is 2. The quantitative estimate of drug-likeness (QED) is 0.0392. The van der Waals surface area contributed by atoms with Gasteiger partial charge in [-0.2, -0.15) is 0 Å². The molecular weight excluding hydrogens is 952 g/mol. The van der Waals surface area contributed by atoms with Crippen LogP contribution in [-0.2, 0) is 21.1 Å². The highest BCUT2D eigenvalue weighted by atomic mass is 32.2. The van der Waals surface area contributed by atoms with E-state index >= 15 is 0 Å². The van der Waals surface area contributed by atoms with Crippen LogP contribution in [0.5, 0.6) is 0 Å². The number of allylic oxidation sites excluding steroid dienone is 2. The van der Waals surface area contributed by atoms with Crippen LogP contribution in [0.2, 0.25) is 0 Å². The lowest BCUT2D eigenvalue weighted by atomic mass is 9.93. The maximum atomic E-state index is 13.6. The number of aryl methyl sites for hydroxylation is 4. The normalized spacial score (nSPS) is 14.9.